The Morgan fingerprint density at radius 2 is 1.53 bits per heavy atom. The molecule has 3 aromatic rings. The number of aryl methyl sites for hydroxylation is 2. The maximum absolute atomic E-state index is 13.0. The molecule has 0 radical (unpaired) electrons. The molecule has 0 saturated heterocycles. The minimum atomic E-state index is -3.83. The molecular weight excluding hydrogens is 418 g/mol. The first-order valence-electron chi connectivity index (χ1n) is 9.19. The van der Waals surface area contributed by atoms with Crippen molar-refractivity contribution in [1.82, 2.24) is 0 Å². The van der Waals surface area contributed by atoms with E-state index >= 15 is 0 Å². The first kappa shape index (κ1) is 21.6. The molecular formula is C22H23N3O3S2. The van der Waals surface area contributed by atoms with Gasteiger partial charge >= 0.3 is 0 Å². The predicted molar refractivity (Wildman–Crippen MR) is 126 cm³/mol. The van der Waals surface area contributed by atoms with Crippen LogP contribution in [0.4, 0.5) is 17.1 Å². The van der Waals surface area contributed by atoms with Gasteiger partial charge in [0.25, 0.3) is 10.0 Å². The van der Waals surface area contributed by atoms with E-state index in [2.05, 4.69) is 15.4 Å². The molecule has 3 aromatic carbocycles. The van der Waals surface area contributed by atoms with E-state index in [-0.39, 0.29) is 4.90 Å². The summed E-state index contributed by atoms with van der Waals surface area (Å²) in [4.78, 5) is 0.150. The third-order valence-electron chi connectivity index (χ3n) is 4.40. The second-order valence-corrected chi connectivity index (χ2v) is 8.79. The summed E-state index contributed by atoms with van der Waals surface area (Å²) in [6.45, 7) is 3.75. The lowest BCUT2D eigenvalue weighted by molar-refractivity contribution is 0.417. The van der Waals surface area contributed by atoms with Gasteiger partial charge in [-0.1, -0.05) is 35.9 Å². The van der Waals surface area contributed by atoms with Crippen molar-refractivity contribution in [3.63, 3.8) is 0 Å². The Morgan fingerprint density at radius 3 is 2.23 bits per heavy atom. The fourth-order valence-corrected chi connectivity index (χ4v) is 4.40. The van der Waals surface area contributed by atoms with Gasteiger partial charge < -0.3 is 15.4 Å². The van der Waals surface area contributed by atoms with Crippen LogP contribution in [0, 0.1) is 13.8 Å². The van der Waals surface area contributed by atoms with Gasteiger partial charge in [-0.05, 0) is 68.0 Å². The Balaban J connectivity index is 1.80. The van der Waals surface area contributed by atoms with Gasteiger partial charge in [0.05, 0.1) is 17.7 Å². The number of ether oxygens (including phenoxy) is 1. The fourth-order valence-electron chi connectivity index (χ4n) is 2.83. The molecule has 0 bridgehead atoms. The molecule has 30 heavy (non-hydrogen) atoms. The fraction of sp³-hybridized carbons (Fsp3) is 0.136. The Hall–Kier alpha value is -3.10. The predicted octanol–water partition coefficient (Wildman–Crippen LogP) is 4.92. The average Bonchev–Trinajstić information content (AvgIpc) is 2.71. The van der Waals surface area contributed by atoms with E-state index in [4.69, 9.17) is 17.0 Å². The zero-order valence-electron chi connectivity index (χ0n) is 16.9. The van der Waals surface area contributed by atoms with Crippen LogP contribution < -0.4 is 20.1 Å². The molecule has 0 aromatic heterocycles. The number of nitrogens with one attached hydrogen (secondary N) is 3. The summed E-state index contributed by atoms with van der Waals surface area (Å²) in [6.07, 6.45) is 0. The average molecular weight is 442 g/mol. The summed E-state index contributed by atoms with van der Waals surface area (Å²) in [5.74, 6) is 0.441. The summed E-state index contributed by atoms with van der Waals surface area (Å²) < 4.78 is 33.8. The van der Waals surface area contributed by atoms with Crippen molar-refractivity contribution in [2.45, 2.75) is 18.7 Å². The van der Waals surface area contributed by atoms with Gasteiger partial charge in [0.1, 0.15) is 5.75 Å². The van der Waals surface area contributed by atoms with Gasteiger partial charge in [0.2, 0.25) is 0 Å². The zero-order chi connectivity index (χ0) is 21.7. The van der Waals surface area contributed by atoms with E-state index in [0.717, 1.165) is 11.3 Å². The molecule has 0 amide bonds. The molecule has 6 nitrogen and oxygen atoms in total. The molecule has 8 heteroatoms. The van der Waals surface area contributed by atoms with Crippen molar-refractivity contribution in [2.24, 2.45) is 0 Å². The molecule has 0 aliphatic rings. The Kier molecular flexibility index (Phi) is 6.59. The SMILES string of the molecule is COc1ccccc1NS(=O)(=O)c1cc(NC(=S)Nc2ccc(C)cc2)ccc1C. The third kappa shape index (κ3) is 5.28. The zero-order valence-corrected chi connectivity index (χ0v) is 18.5. The lowest BCUT2D eigenvalue weighted by Crippen LogP contribution is -2.20. The van der Waals surface area contributed by atoms with Crippen molar-refractivity contribution < 1.29 is 13.2 Å². The van der Waals surface area contributed by atoms with Crippen LogP contribution in [0.25, 0.3) is 0 Å². The van der Waals surface area contributed by atoms with Crippen LogP contribution in [-0.2, 0) is 10.0 Å². The molecule has 0 heterocycles. The monoisotopic (exact) mass is 441 g/mol. The quantitative estimate of drug-likeness (QED) is 0.471. The summed E-state index contributed by atoms with van der Waals surface area (Å²) in [5, 5.41) is 6.48. The third-order valence-corrected chi connectivity index (χ3v) is 6.11. The number of sulfonamides is 1. The number of thiocarbonyl (C=S) groups is 1. The summed E-state index contributed by atoms with van der Waals surface area (Å²) in [7, 11) is -2.34. The number of methoxy groups -OCH3 is 1. The van der Waals surface area contributed by atoms with Crippen LogP contribution in [0.15, 0.2) is 71.6 Å². The van der Waals surface area contributed by atoms with Crippen molar-refractivity contribution >= 4 is 44.4 Å². The maximum Gasteiger partial charge on any atom is 0.262 e. The van der Waals surface area contributed by atoms with Gasteiger partial charge in [-0.2, -0.15) is 0 Å². The van der Waals surface area contributed by atoms with Gasteiger partial charge in [0.15, 0.2) is 5.11 Å². The second kappa shape index (κ2) is 9.15. The molecule has 156 valence electrons. The number of hydrogen-bond acceptors (Lipinski definition) is 4. The molecule has 0 fully saturated rings. The molecule has 0 unspecified atom stereocenters. The van der Waals surface area contributed by atoms with Crippen LogP contribution in [0.1, 0.15) is 11.1 Å². The summed E-state index contributed by atoms with van der Waals surface area (Å²) in [5.41, 5.74) is 3.53. The van der Waals surface area contributed by atoms with Gasteiger partial charge in [-0.3, -0.25) is 4.72 Å². The molecule has 3 rings (SSSR count). The summed E-state index contributed by atoms with van der Waals surface area (Å²) >= 11 is 5.35. The van der Waals surface area contributed by atoms with E-state index in [1.807, 2.05) is 31.2 Å². The number of hydrogen-bond donors (Lipinski definition) is 3. The van der Waals surface area contributed by atoms with Crippen LogP contribution in [-0.4, -0.2) is 20.6 Å². The van der Waals surface area contributed by atoms with Gasteiger partial charge in [0, 0.05) is 11.4 Å². The molecule has 0 saturated carbocycles. The Bertz CT molecular complexity index is 1160. The number of rotatable bonds is 6. The van der Waals surface area contributed by atoms with E-state index in [0.29, 0.717) is 27.8 Å². The van der Waals surface area contributed by atoms with Crippen LogP contribution in [0.2, 0.25) is 0 Å². The topological polar surface area (TPSA) is 79.5 Å². The highest BCUT2D eigenvalue weighted by molar-refractivity contribution is 7.92. The largest absolute Gasteiger partial charge is 0.495 e. The Morgan fingerprint density at radius 1 is 0.900 bits per heavy atom. The lowest BCUT2D eigenvalue weighted by atomic mass is 10.2. The van der Waals surface area contributed by atoms with Crippen molar-refractivity contribution in [1.29, 1.82) is 0 Å². The molecule has 0 aliphatic heterocycles. The van der Waals surface area contributed by atoms with E-state index < -0.39 is 10.0 Å². The summed E-state index contributed by atoms with van der Waals surface area (Å²) in [6, 6.07) is 19.7. The molecule has 0 spiro atoms. The minimum Gasteiger partial charge on any atom is -0.495 e. The highest BCUT2D eigenvalue weighted by Crippen LogP contribution is 2.28. The lowest BCUT2D eigenvalue weighted by Gasteiger charge is -2.15. The number of para-hydroxylation sites is 2. The number of benzene rings is 3. The van der Waals surface area contributed by atoms with Crippen molar-refractivity contribution in [2.75, 3.05) is 22.5 Å². The molecule has 0 atom stereocenters. The van der Waals surface area contributed by atoms with Gasteiger partial charge in [-0.25, -0.2) is 8.42 Å². The second-order valence-electron chi connectivity index (χ2n) is 6.73. The Labute approximate surface area is 182 Å². The highest BCUT2D eigenvalue weighted by atomic mass is 32.2. The van der Waals surface area contributed by atoms with E-state index in [1.165, 1.54) is 7.11 Å². The van der Waals surface area contributed by atoms with Crippen LogP contribution >= 0.6 is 12.2 Å². The first-order valence-corrected chi connectivity index (χ1v) is 11.1. The van der Waals surface area contributed by atoms with E-state index in [9.17, 15) is 8.42 Å². The molecule has 0 aliphatic carbocycles. The van der Waals surface area contributed by atoms with Crippen LogP contribution in [0.5, 0.6) is 5.75 Å². The standard InChI is InChI=1S/C22H23N3O3S2/c1-15-8-11-17(12-9-15)23-22(29)24-18-13-10-16(2)21(14-18)30(26,27)25-19-6-4-5-7-20(19)28-3/h4-14,25H,1-3H3,(H2,23,24,29). The van der Waals surface area contributed by atoms with E-state index in [1.54, 1.807) is 49.4 Å². The normalized spacial score (nSPS) is 10.9. The van der Waals surface area contributed by atoms with Crippen molar-refractivity contribution in [3.8, 4) is 5.75 Å². The van der Waals surface area contributed by atoms with Crippen molar-refractivity contribution in [3.05, 3.63) is 77.9 Å². The smallest absolute Gasteiger partial charge is 0.262 e. The van der Waals surface area contributed by atoms with Gasteiger partial charge in [-0.15, -0.1) is 0 Å². The number of anilines is 3. The minimum absolute atomic E-state index is 0.150. The molecule has 3 N–H and O–H groups in total. The van der Waals surface area contributed by atoms with Crippen LogP contribution in [0.3, 0.4) is 0 Å². The maximum atomic E-state index is 13.0. The first-order chi connectivity index (χ1) is 14.3. The highest BCUT2D eigenvalue weighted by Gasteiger charge is 2.19.